The van der Waals surface area contributed by atoms with Gasteiger partial charge in [-0.2, -0.15) is 0 Å². The highest BCUT2D eigenvalue weighted by atomic mass is 35.5. The number of pyridine rings is 1. The van der Waals surface area contributed by atoms with Crippen LogP contribution in [0.4, 0.5) is 5.69 Å². The number of hydrogen-bond acceptors (Lipinski definition) is 5. The average Bonchev–Trinajstić information content (AvgIpc) is 2.55. The summed E-state index contributed by atoms with van der Waals surface area (Å²) < 4.78 is 4.63. The molecule has 0 fully saturated rings. The van der Waals surface area contributed by atoms with Gasteiger partial charge in [-0.05, 0) is 30.3 Å². The van der Waals surface area contributed by atoms with E-state index in [0.29, 0.717) is 5.69 Å². The van der Waals surface area contributed by atoms with E-state index in [9.17, 15) is 9.59 Å². The molecule has 22 heavy (non-hydrogen) atoms. The summed E-state index contributed by atoms with van der Waals surface area (Å²) >= 11 is 7.25. The summed E-state index contributed by atoms with van der Waals surface area (Å²) in [5.74, 6) is -0.537. The van der Waals surface area contributed by atoms with Gasteiger partial charge < -0.3 is 10.1 Å². The number of rotatable bonds is 5. The lowest BCUT2D eigenvalue weighted by Gasteiger charge is -2.08. The number of methoxy groups -OCH3 is 1. The maximum absolute atomic E-state index is 11.9. The van der Waals surface area contributed by atoms with Crippen LogP contribution in [0.5, 0.6) is 0 Å². The second-order valence-electron chi connectivity index (χ2n) is 4.19. The largest absolute Gasteiger partial charge is 0.465 e. The number of anilines is 1. The predicted molar refractivity (Wildman–Crippen MR) is 86.4 cm³/mol. The number of carbonyl (C=O) groups is 2. The number of thioether (sulfide) groups is 1. The number of benzene rings is 1. The van der Waals surface area contributed by atoms with Gasteiger partial charge in [0.05, 0.1) is 28.5 Å². The molecular formula is C15H13ClN2O3S. The van der Waals surface area contributed by atoms with Gasteiger partial charge in [0, 0.05) is 11.9 Å². The molecule has 0 saturated carbocycles. The fraction of sp³-hybridized carbons (Fsp3) is 0.133. The Kier molecular flexibility index (Phi) is 5.80. The number of halogens is 1. The van der Waals surface area contributed by atoms with Gasteiger partial charge in [-0.3, -0.25) is 4.79 Å². The fourth-order valence-corrected chi connectivity index (χ4v) is 2.49. The molecular weight excluding hydrogens is 324 g/mol. The summed E-state index contributed by atoms with van der Waals surface area (Å²) in [4.78, 5) is 27.6. The van der Waals surface area contributed by atoms with E-state index in [1.807, 2.05) is 18.2 Å². The van der Waals surface area contributed by atoms with Crippen LogP contribution in [0.1, 0.15) is 10.4 Å². The van der Waals surface area contributed by atoms with E-state index in [1.165, 1.54) is 31.0 Å². The number of ether oxygens (including phenoxy) is 1. The Hall–Kier alpha value is -2.05. The summed E-state index contributed by atoms with van der Waals surface area (Å²) in [5, 5.41) is 3.74. The highest BCUT2D eigenvalue weighted by Crippen LogP contribution is 2.22. The van der Waals surface area contributed by atoms with Gasteiger partial charge in [-0.25, -0.2) is 9.78 Å². The lowest BCUT2D eigenvalue weighted by atomic mass is 10.2. The van der Waals surface area contributed by atoms with Crippen LogP contribution in [-0.2, 0) is 9.53 Å². The summed E-state index contributed by atoms with van der Waals surface area (Å²) in [6.45, 7) is 0. The number of nitrogens with one attached hydrogen (secondary N) is 1. The van der Waals surface area contributed by atoms with E-state index >= 15 is 0 Å². The third-order valence-electron chi connectivity index (χ3n) is 2.64. The van der Waals surface area contributed by atoms with Crippen LogP contribution in [-0.4, -0.2) is 29.7 Å². The molecule has 1 N–H and O–H groups in total. The standard InChI is InChI=1S/C15H13ClN2O3S/c1-21-15(20)11-8-10(5-6-12(11)16)18-13(19)9-22-14-4-2-3-7-17-14/h2-8H,9H2,1H3,(H,18,19). The van der Waals surface area contributed by atoms with Crippen molar-refractivity contribution in [2.45, 2.75) is 5.03 Å². The van der Waals surface area contributed by atoms with Crippen LogP contribution < -0.4 is 5.32 Å². The number of carbonyl (C=O) groups excluding carboxylic acids is 2. The summed E-state index contributed by atoms with van der Waals surface area (Å²) in [6.07, 6.45) is 1.67. The van der Waals surface area contributed by atoms with Crippen LogP contribution in [0.15, 0.2) is 47.6 Å². The SMILES string of the molecule is COC(=O)c1cc(NC(=O)CSc2ccccn2)ccc1Cl. The number of amides is 1. The van der Waals surface area contributed by atoms with E-state index < -0.39 is 5.97 Å². The average molecular weight is 337 g/mol. The quantitative estimate of drug-likeness (QED) is 0.670. The first-order valence-electron chi connectivity index (χ1n) is 6.31. The Bertz CT molecular complexity index is 680. The van der Waals surface area contributed by atoms with Crippen molar-refractivity contribution >= 4 is 40.9 Å². The van der Waals surface area contributed by atoms with Crippen molar-refractivity contribution in [2.75, 3.05) is 18.2 Å². The first-order chi connectivity index (χ1) is 10.6. The molecule has 0 bridgehead atoms. The zero-order valence-corrected chi connectivity index (χ0v) is 13.3. The van der Waals surface area contributed by atoms with Crippen molar-refractivity contribution in [3.05, 3.63) is 53.2 Å². The van der Waals surface area contributed by atoms with Crippen LogP contribution in [0.25, 0.3) is 0 Å². The van der Waals surface area contributed by atoms with E-state index in [2.05, 4.69) is 15.0 Å². The molecule has 0 saturated heterocycles. The highest BCUT2D eigenvalue weighted by Gasteiger charge is 2.12. The second kappa shape index (κ2) is 7.82. The molecule has 0 spiro atoms. The number of nitrogens with zero attached hydrogens (tertiary/aromatic N) is 1. The molecule has 2 rings (SSSR count). The molecule has 5 nitrogen and oxygen atoms in total. The van der Waals surface area contributed by atoms with Crippen LogP contribution in [0.3, 0.4) is 0 Å². The van der Waals surface area contributed by atoms with Gasteiger partial charge in [0.25, 0.3) is 0 Å². The van der Waals surface area contributed by atoms with Crippen molar-refractivity contribution in [1.82, 2.24) is 4.98 Å². The van der Waals surface area contributed by atoms with Crippen molar-refractivity contribution < 1.29 is 14.3 Å². The summed E-state index contributed by atoms with van der Waals surface area (Å²) in [5.41, 5.74) is 0.691. The molecule has 2 aromatic rings. The smallest absolute Gasteiger partial charge is 0.339 e. The Morgan fingerprint density at radius 2 is 2.14 bits per heavy atom. The monoisotopic (exact) mass is 336 g/mol. The van der Waals surface area contributed by atoms with Crippen molar-refractivity contribution in [1.29, 1.82) is 0 Å². The van der Waals surface area contributed by atoms with E-state index in [-0.39, 0.29) is 22.2 Å². The summed E-state index contributed by atoms with van der Waals surface area (Å²) in [6, 6.07) is 10.1. The highest BCUT2D eigenvalue weighted by molar-refractivity contribution is 7.99. The van der Waals surface area contributed by atoms with Gasteiger partial charge in [-0.15, -0.1) is 0 Å². The Balaban J connectivity index is 1.98. The Labute approximate surface area is 137 Å². The first kappa shape index (κ1) is 16.3. The third kappa shape index (κ3) is 4.47. The normalized spacial score (nSPS) is 10.1. The molecule has 7 heteroatoms. The van der Waals surface area contributed by atoms with Gasteiger partial charge >= 0.3 is 5.97 Å². The van der Waals surface area contributed by atoms with Crippen molar-refractivity contribution in [2.24, 2.45) is 0 Å². The van der Waals surface area contributed by atoms with Gasteiger partial charge in [0.1, 0.15) is 0 Å². The topological polar surface area (TPSA) is 68.3 Å². The van der Waals surface area contributed by atoms with Crippen molar-refractivity contribution in [3.8, 4) is 0 Å². The summed E-state index contributed by atoms with van der Waals surface area (Å²) in [7, 11) is 1.27. The molecule has 0 unspecified atom stereocenters. The molecule has 0 aliphatic heterocycles. The van der Waals surface area contributed by atoms with E-state index in [1.54, 1.807) is 12.3 Å². The van der Waals surface area contributed by atoms with E-state index in [4.69, 9.17) is 11.6 Å². The third-order valence-corrected chi connectivity index (χ3v) is 3.92. The minimum atomic E-state index is -0.552. The number of aromatic nitrogens is 1. The zero-order chi connectivity index (χ0) is 15.9. The minimum absolute atomic E-state index is 0.200. The zero-order valence-electron chi connectivity index (χ0n) is 11.7. The molecule has 1 heterocycles. The van der Waals surface area contributed by atoms with Crippen LogP contribution in [0.2, 0.25) is 5.02 Å². The maximum Gasteiger partial charge on any atom is 0.339 e. The molecule has 114 valence electrons. The molecule has 0 aliphatic rings. The van der Waals surface area contributed by atoms with Gasteiger partial charge in [-0.1, -0.05) is 29.4 Å². The fourth-order valence-electron chi connectivity index (χ4n) is 1.64. The van der Waals surface area contributed by atoms with Gasteiger partial charge in [0.2, 0.25) is 5.91 Å². The Morgan fingerprint density at radius 3 is 2.82 bits per heavy atom. The van der Waals surface area contributed by atoms with Crippen LogP contribution in [0, 0.1) is 0 Å². The molecule has 0 atom stereocenters. The number of esters is 1. The minimum Gasteiger partial charge on any atom is -0.465 e. The molecule has 1 aromatic heterocycles. The number of hydrogen-bond donors (Lipinski definition) is 1. The Morgan fingerprint density at radius 1 is 1.32 bits per heavy atom. The van der Waals surface area contributed by atoms with Crippen molar-refractivity contribution in [3.63, 3.8) is 0 Å². The van der Waals surface area contributed by atoms with Gasteiger partial charge in [0.15, 0.2) is 0 Å². The predicted octanol–water partition coefficient (Wildman–Crippen LogP) is 3.25. The van der Waals surface area contributed by atoms with E-state index in [0.717, 1.165) is 5.03 Å². The molecule has 0 aliphatic carbocycles. The second-order valence-corrected chi connectivity index (χ2v) is 5.59. The molecule has 0 radical (unpaired) electrons. The molecule has 1 aromatic carbocycles. The molecule has 1 amide bonds. The lowest BCUT2D eigenvalue weighted by Crippen LogP contribution is -2.14. The first-order valence-corrected chi connectivity index (χ1v) is 7.68. The maximum atomic E-state index is 11.9. The lowest BCUT2D eigenvalue weighted by molar-refractivity contribution is -0.113. The van der Waals surface area contributed by atoms with Crippen LogP contribution >= 0.6 is 23.4 Å².